The molecule has 6 nitrogen and oxygen atoms in total. The summed E-state index contributed by atoms with van der Waals surface area (Å²) in [5.74, 6) is 0.695. The third-order valence-corrected chi connectivity index (χ3v) is 4.48. The lowest BCUT2D eigenvalue weighted by Crippen LogP contribution is -2.41. The Bertz CT molecular complexity index is 853. The van der Waals surface area contributed by atoms with E-state index in [-0.39, 0.29) is 11.9 Å². The Hall–Kier alpha value is -2.89. The molecule has 0 radical (unpaired) electrons. The van der Waals surface area contributed by atoms with Crippen LogP contribution in [0.3, 0.4) is 0 Å². The zero-order valence-corrected chi connectivity index (χ0v) is 13.4. The molecule has 0 aliphatic carbocycles. The molecule has 3 aromatic rings. The summed E-state index contributed by atoms with van der Waals surface area (Å²) in [6.07, 6.45) is 8.25. The number of nitrogens with one attached hydrogen (secondary N) is 1. The van der Waals surface area contributed by atoms with Gasteiger partial charge in [0.05, 0.1) is 23.8 Å². The summed E-state index contributed by atoms with van der Waals surface area (Å²) in [6, 6.07) is 5.38. The summed E-state index contributed by atoms with van der Waals surface area (Å²) < 4.78 is 5.44. The van der Waals surface area contributed by atoms with Gasteiger partial charge >= 0.3 is 0 Å². The number of nitrogens with zero attached hydrogens (tertiary/aromatic N) is 3. The second-order valence-electron chi connectivity index (χ2n) is 5.81. The number of rotatable bonds is 3. The van der Waals surface area contributed by atoms with Gasteiger partial charge in [0.1, 0.15) is 11.8 Å². The van der Waals surface area contributed by atoms with Crippen molar-refractivity contribution in [2.75, 3.05) is 6.54 Å². The Labute approximate surface area is 139 Å². The molecule has 1 unspecified atom stereocenters. The lowest BCUT2D eigenvalue weighted by molar-refractivity contribution is 0.0688. The molecular formula is C18H18N4O2. The number of H-pyrrole nitrogens is 1. The first-order chi connectivity index (χ1) is 11.8. The number of hydrogen-bond acceptors (Lipinski definition) is 4. The number of pyridine rings is 1. The maximum absolute atomic E-state index is 13.2. The standard InChI is InChI=1S/C18H18N4O2/c1-2-15-13(6-9-24-15)18(23)22-8-5-14-16(21-11-20-14)17(22)12-4-3-7-19-10-12/h3-4,6-7,9-11,17H,2,5,8H2,1H3,(H,20,21). The van der Waals surface area contributed by atoms with Crippen molar-refractivity contribution in [2.45, 2.75) is 25.8 Å². The molecule has 1 aliphatic rings. The Kier molecular flexibility index (Phi) is 3.65. The fourth-order valence-electron chi connectivity index (χ4n) is 3.33. The van der Waals surface area contributed by atoms with Crippen LogP contribution in [0.15, 0.2) is 47.6 Å². The number of hydrogen-bond donors (Lipinski definition) is 1. The van der Waals surface area contributed by atoms with E-state index in [2.05, 4.69) is 15.0 Å². The molecule has 0 spiro atoms. The van der Waals surface area contributed by atoms with Crippen molar-refractivity contribution >= 4 is 5.91 Å². The number of aromatic nitrogens is 3. The molecule has 0 fully saturated rings. The van der Waals surface area contributed by atoms with E-state index in [4.69, 9.17) is 4.42 Å². The van der Waals surface area contributed by atoms with Crippen LogP contribution in [0.1, 0.15) is 46.0 Å². The summed E-state index contributed by atoms with van der Waals surface area (Å²) in [7, 11) is 0. The minimum Gasteiger partial charge on any atom is -0.469 e. The first-order valence-electron chi connectivity index (χ1n) is 8.09. The van der Waals surface area contributed by atoms with Gasteiger partial charge in [0.15, 0.2) is 0 Å². The van der Waals surface area contributed by atoms with E-state index in [0.717, 1.165) is 29.1 Å². The highest BCUT2D eigenvalue weighted by Crippen LogP contribution is 2.34. The van der Waals surface area contributed by atoms with Gasteiger partial charge in [-0.25, -0.2) is 4.98 Å². The molecule has 4 rings (SSSR count). The molecular weight excluding hydrogens is 304 g/mol. The fourth-order valence-corrected chi connectivity index (χ4v) is 3.33. The van der Waals surface area contributed by atoms with E-state index in [9.17, 15) is 4.79 Å². The van der Waals surface area contributed by atoms with E-state index < -0.39 is 0 Å². The monoisotopic (exact) mass is 322 g/mol. The van der Waals surface area contributed by atoms with Crippen molar-refractivity contribution in [1.29, 1.82) is 0 Å². The van der Waals surface area contributed by atoms with Crippen molar-refractivity contribution in [3.8, 4) is 0 Å². The van der Waals surface area contributed by atoms with Gasteiger partial charge < -0.3 is 14.3 Å². The molecule has 1 N–H and O–H groups in total. The third kappa shape index (κ3) is 2.31. The first kappa shape index (κ1) is 14.7. The molecule has 0 bridgehead atoms. The van der Waals surface area contributed by atoms with Crippen LogP contribution < -0.4 is 0 Å². The van der Waals surface area contributed by atoms with Gasteiger partial charge in [0.25, 0.3) is 5.91 Å². The number of aryl methyl sites for hydroxylation is 1. The molecule has 3 aromatic heterocycles. The van der Waals surface area contributed by atoms with Crippen molar-refractivity contribution in [3.63, 3.8) is 0 Å². The number of aromatic amines is 1. The summed E-state index contributed by atoms with van der Waals surface area (Å²) in [5, 5.41) is 0. The van der Waals surface area contributed by atoms with Crippen LogP contribution in [0.4, 0.5) is 0 Å². The van der Waals surface area contributed by atoms with E-state index in [0.29, 0.717) is 18.5 Å². The zero-order chi connectivity index (χ0) is 16.5. The van der Waals surface area contributed by atoms with Gasteiger partial charge in [-0.05, 0) is 17.7 Å². The van der Waals surface area contributed by atoms with E-state index in [1.165, 1.54) is 0 Å². The molecule has 1 atom stereocenters. The summed E-state index contributed by atoms with van der Waals surface area (Å²) in [6.45, 7) is 2.61. The molecule has 0 aromatic carbocycles. The normalized spacial score (nSPS) is 16.9. The Balaban J connectivity index is 1.78. The van der Waals surface area contributed by atoms with E-state index >= 15 is 0 Å². The molecule has 122 valence electrons. The highest BCUT2D eigenvalue weighted by molar-refractivity contribution is 5.95. The van der Waals surface area contributed by atoms with Crippen LogP contribution in [0.2, 0.25) is 0 Å². The summed E-state index contributed by atoms with van der Waals surface area (Å²) >= 11 is 0. The van der Waals surface area contributed by atoms with Gasteiger partial charge in [0.2, 0.25) is 0 Å². The average molecular weight is 322 g/mol. The number of furan rings is 1. The predicted octanol–water partition coefficient (Wildman–Crippen LogP) is 2.75. The largest absolute Gasteiger partial charge is 0.469 e. The maximum atomic E-state index is 13.2. The topological polar surface area (TPSA) is 75.0 Å². The number of fused-ring (bicyclic) bond motifs is 1. The van der Waals surface area contributed by atoms with Gasteiger partial charge in [0, 0.05) is 37.5 Å². The number of carbonyl (C=O) groups excluding carboxylic acids is 1. The van der Waals surface area contributed by atoms with Crippen LogP contribution in [0.5, 0.6) is 0 Å². The van der Waals surface area contributed by atoms with Crippen LogP contribution in [0.25, 0.3) is 0 Å². The molecule has 6 heteroatoms. The smallest absolute Gasteiger partial charge is 0.258 e. The molecule has 0 saturated carbocycles. The quantitative estimate of drug-likeness (QED) is 0.804. The average Bonchev–Trinajstić information content (AvgIpc) is 3.29. The molecule has 1 aliphatic heterocycles. The molecule has 4 heterocycles. The molecule has 0 saturated heterocycles. The Morgan fingerprint density at radius 1 is 1.46 bits per heavy atom. The van der Waals surface area contributed by atoms with Crippen LogP contribution in [-0.2, 0) is 12.8 Å². The third-order valence-electron chi connectivity index (χ3n) is 4.48. The lowest BCUT2D eigenvalue weighted by Gasteiger charge is -2.35. The van der Waals surface area contributed by atoms with Gasteiger partial charge in [-0.3, -0.25) is 9.78 Å². The lowest BCUT2D eigenvalue weighted by atomic mass is 9.96. The predicted molar refractivity (Wildman–Crippen MR) is 87.5 cm³/mol. The zero-order valence-electron chi connectivity index (χ0n) is 13.4. The summed E-state index contributed by atoms with van der Waals surface area (Å²) in [4.78, 5) is 26.9. The second-order valence-corrected chi connectivity index (χ2v) is 5.81. The maximum Gasteiger partial charge on any atom is 0.258 e. The SMILES string of the molecule is CCc1occc1C(=O)N1CCc2[nH]cnc2C1c1cccnc1. The number of imidazole rings is 1. The van der Waals surface area contributed by atoms with Crippen molar-refractivity contribution in [2.24, 2.45) is 0 Å². The minimum atomic E-state index is -0.235. The Morgan fingerprint density at radius 2 is 2.38 bits per heavy atom. The number of carbonyl (C=O) groups is 1. The van der Waals surface area contributed by atoms with Crippen molar-refractivity contribution in [3.05, 3.63) is 71.5 Å². The summed E-state index contributed by atoms with van der Waals surface area (Å²) in [5.41, 5.74) is 3.56. The second kappa shape index (κ2) is 5.96. The Morgan fingerprint density at radius 3 is 3.17 bits per heavy atom. The highest BCUT2D eigenvalue weighted by Gasteiger charge is 2.35. The van der Waals surface area contributed by atoms with Crippen molar-refractivity contribution < 1.29 is 9.21 Å². The van der Waals surface area contributed by atoms with E-state index in [1.807, 2.05) is 24.0 Å². The fraction of sp³-hybridized carbons (Fsp3) is 0.278. The van der Waals surface area contributed by atoms with Gasteiger partial charge in [-0.1, -0.05) is 13.0 Å². The minimum absolute atomic E-state index is 0.0249. The number of amides is 1. The first-order valence-corrected chi connectivity index (χ1v) is 8.09. The highest BCUT2D eigenvalue weighted by atomic mass is 16.3. The van der Waals surface area contributed by atoms with Gasteiger partial charge in [-0.15, -0.1) is 0 Å². The van der Waals surface area contributed by atoms with Crippen LogP contribution >= 0.6 is 0 Å². The molecule has 1 amide bonds. The van der Waals surface area contributed by atoms with Crippen LogP contribution in [-0.4, -0.2) is 32.3 Å². The van der Waals surface area contributed by atoms with Crippen LogP contribution in [0, 0.1) is 0 Å². The van der Waals surface area contributed by atoms with E-state index in [1.54, 1.807) is 31.1 Å². The van der Waals surface area contributed by atoms with Crippen molar-refractivity contribution in [1.82, 2.24) is 19.9 Å². The van der Waals surface area contributed by atoms with Gasteiger partial charge in [-0.2, -0.15) is 0 Å². The molecule has 24 heavy (non-hydrogen) atoms.